The highest BCUT2D eigenvalue weighted by Crippen LogP contribution is 2.21. The van der Waals surface area contributed by atoms with Crippen LogP contribution >= 0.6 is 0 Å². The molecule has 3 rings (SSSR count). The summed E-state index contributed by atoms with van der Waals surface area (Å²) in [7, 11) is 1.83. The number of amides is 1. The van der Waals surface area contributed by atoms with E-state index in [-0.39, 0.29) is 5.91 Å². The first-order chi connectivity index (χ1) is 13.1. The van der Waals surface area contributed by atoms with Gasteiger partial charge in [0, 0.05) is 39.3 Å². The smallest absolute Gasteiger partial charge is 0.221 e. The third-order valence-electron chi connectivity index (χ3n) is 4.86. The number of anilines is 1. The average Bonchev–Trinajstić information content (AvgIpc) is 3.11. The summed E-state index contributed by atoms with van der Waals surface area (Å²) in [4.78, 5) is 18.0. The standard InChI is InChI=1S/C22H28N4O/c1-17(27)25-21-10-6-9-19(14-21)15-24-22(23-2)26-12-11-20(16-26)13-18-7-4-3-5-8-18/h3-10,14,20H,11-13,15-16H2,1-2H3,(H,23,24)(H,25,27). The van der Waals surface area contributed by atoms with Crippen molar-refractivity contribution >= 4 is 17.6 Å². The molecule has 1 saturated heterocycles. The van der Waals surface area contributed by atoms with Gasteiger partial charge in [-0.2, -0.15) is 0 Å². The van der Waals surface area contributed by atoms with Crippen molar-refractivity contribution in [1.29, 1.82) is 0 Å². The third-order valence-corrected chi connectivity index (χ3v) is 4.86. The topological polar surface area (TPSA) is 56.7 Å². The molecule has 1 aliphatic rings. The number of carbonyl (C=O) groups excluding carboxylic acids is 1. The molecular weight excluding hydrogens is 336 g/mol. The number of aliphatic imine (C=N–C) groups is 1. The van der Waals surface area contributed by atoms with Crippen LogP contribution in [0, 0.1) is 5.92 Å². The summed E-state index contributed by atoms with van der Waals surface area (Å²) in [5.41, 5.74) is 3.34. The van der Waals surface area contributed by atoms with E-state index in [0.29, 0.717) is 12.5 Å². The van der Waals surface area contributed by atoms with E-state index in [1.807, 2.05) is 31.3 Å². The Morgan fingerprint density at radius 3 is 2.67 bits per heavy atom. The molecule has 2 aromatic carbocycles. The second-order valence-electron chi connectivity index (χ2n) is 7.07. The first kappa shape index (κ1) is 19.0. The van der Waals surface area contributed by atoms with Gasteiger partial charge < -0.3 is 15.5 Å². The monoisotopic (exact) mass is 364 g/mol. The molecule has 2 N–H and O–H groups in total. The Hall–Kier alpha value is -2.82. The Bertz CT molecular complexity index is 788. The fourth-order valence-electron chi connectivity index (χ4n) is 3.61. The molecule has 0 aromatic heterocycles. The molecule has 1 amide bonds. The van der Waals surface area contributed by atoms with Gasteiger partial charge in [-0.1, -0.05) is 42.5 Å². The predicted octanol–water partition coefficient (Wildman–Crippen LogP) is 3.29. The van der Waals surface area contributed by atoms with Crippen LogP contribution in [0.5, 0.6) is 0 Å². The van der Waals surface area contributed by atoms with Crippen molar-refractivity contribution in [3.8, 4) is 0 Å². The molecule has 0 bridgehead atoms. The molecule has 1 aliphatic heterocycles. The highest BCUT2D eigenvalue weighted by Gasteiger charge is 2.24. The number of rotatable bonds is 5. The lowest BCUT2D eigenvalue weighted by molar-refractivity contribution is -0.114. The van der Waals surface area contributed by atoms with E-state index >= 15 is 0 Å². The summed E-state index contributed by atoms with van der Waals surface area (Å²) in [6.45, 7) is 4.26. The Labute approximate surface area is 161 Å². The van der Waals surface area contributed by atoms with Gasteiger partial charge in [-0.05, 0) is 42.0 Å². The number of carbonyl (C=O) groups is 1. The Morgan fingerprint density at radius 2 is 1.93 bits per heavy atom. The minimum atomic E-state index is -0.0579. The largest absolute Gasteiger partial charge is 0.352 e. The summed E-state index contributed by atoms with van der Waals surface area (Å²) < 4.78 is 0. The fraction of sp³-hybridized carbons (Fsp3) is 0.364. The molecule has 5 heteroatoms. The van der Waals surface area contributed by atoms with Crippen molar-refractivity contribution in [2.75, 3.05) is 25.5 Å². The van der Waals surface area contributed by atoms with Crippen molar-refractivity contribution in [1.82, 2.24) is 10.2 Å². The van der Waals surface area contributed by atoms with Gasteiger partial charge in [0.2, 0.25) is 5.91 Å². The fourth-order valence-corrected chi connectivity index (χ4v) is 3.61. The van der Waals surface area contributed by atoms with Crippen LogP contribution in [0.2, 0.25) is 0 Å². The molecule has 0 aliphatic carbocycles. The zero-order valence-corrected chi connectivity index (χ0v) is 16.1. The molecule has 1 unspecified atom stereocenters. The van der Waals surface area contributed by atoms with Gasteiger partial charge in [0.15, 0.2) is 5.96 Å². The van der Waals surface area contributed by atoms with E-state index in [4.69, 9.17) is 0 Å². The van der Waals surface area contributed by atoms with E-state index < -0.39 is 0 Å². The summed E-state index contributed by atoms with van der Waals surface area (Å²) in [6, 6.07) is 18.6. The van der Waals surface area contributed by atoms with Gasteiger partial charge in [0.25, 0.3) is 0 Å². The highest BCUT2D eigenvalue weighted by molar-refractivity contribution is 5.88. The van der Waals surface area contributed by atoms with Crippen LogP contribution < -0.4 is 10.6 Å². The van der Waals surface area contributed by atoms with Gasteiger partial charge in [0.1, 0.15) is 0 Å². The maximum absolute atomic E-state index is 11.2. The van der Waals surface area contributed by atoms with Crippen LogP contribution in [-0.2, 0) is 17.8 Å². The minimum Gasteiger partial charge on any atom is -0.352 e. The third kappa shape index (κ3) is 5.58. The van der Waals surface area contributed by atoms with Crippen LogP contribution in [0.4, 0.5) is 5.69 Å². The number of benzene rings is 2. The summed E-state index contributed by atoms with van der Waals surface area (Å²) in [6.07, 6.45) is 2.31. The molecule has 1 atom stereocenters. The van der Waals surface area contributed by atoms with Crippen LogP contribution in [0.25, 0.3) is 0 Å². The second-order valence-corrected chi connectivity index (χ2v) is 7.07. The van der Waals surface area contributed by atoms with Gasteiger partial charge in [-0.3, -0.25) is 9.79 Å². The molecule has 0 saturated carbocycles. The van der Waals surface area contributed by atoms with Crippen LogP contribution in [0.1, 0.15) is 24.5 Å². The zero-order chi connectivity index (χ0) is 19.1. The lowest BCUT2D eigenvalue weighted by atomic mass is 9.99. The predicted molar refractivity (Wildman–Crippen MR) is 111 cm³/mol. The lowest BCUT2D eigenvalue weighted by Gasteiger charge is -2.22. The van der Waals surface area contributed by atoms with E-state index in [2.05, 4.69) is 50.9 Å². The number of likely N-dealkylation sites (tertiary alicyclic amines) is 1. The van der Waals surface area contributed by atoms with Crippen molar-refractivity contribution in [3.63, 3.8) is 0 Å². The first-order valence-electron chi connectivity index (χ1n) is 9.50. The van der Waals surface area contributed by atoms with Crippen LogP contribution in [0.3, 0.4) is 0 Å². The quantitative estimate of drug-likeness (QED) is 0.632. The van der Waals surface area contributed by atoms with E-state index in [9.17, 15) is 4.79 Å². The SMILES string of the molecule is CN=C(NCc1cccc(NC(C)=O)c1)N1CCC(Cc2ccccc2)C1. The lowest BCUT2D eigenvalue weighted by Crippen LogP contribution is -2.39. The first-order valence-corrected chi connectivity index (χ1v) is 9.50. The molecule has 1 fully saturated rings. The summed E-state index contributed by atoms with van der Waals surface area (Å²) >= 11 is 0. The normalized spacial score (nSPS) is 17.0. The average molecular weight is 364 g/mol. The Kier molecular flexibility index (Phi) is 6.47. The number of hydrogen-bond acceptors (Lipinski definition) is 2. The number of guanidine groups is 1. The Morgan fingerprint density at radius 1 is 1.15 bits per heavy atom. The van der Waals surface area contributed by atoms with Crippen molar-refractivity contribution in [2.24, 2.45) is 10.9 Å². The molecule has 27 heavy (non-hydrogen) atoms. The van der Waals surface area contributed by atoms with E-state index in [1.54, 1.807) is 0 Å². The highest BCUT2D eigenvalue weighted by atomic mass is 16.1. The number of nitrogens with one attached hydrogen (secondary N) is 2. The van der Waals surface area contributed by atoms with Crippen molar-refractivity contribution in [3.05, 3.63) is 65.7 Å². The minimum absolute atomic E-state index is 0.0579. The molecule has 142 valence electrons. The van der Waals surface area contributed by atoms with E-state index in [1.165, 1.54) is 18.9 Å². The van der Waals surface area contributed by atoms with E-state index in [0.717, 1.165) is 36.7 Å². The summed E-state index contributed by atoms with van der Waals surface area (Å²) in [5, 5.41) is 6.28. The molecule has 0 spiro atoms. The number of hydrogen-bond donors (Lipinski definition) is 2. The Balaban J connectivity index is 1.53. The van der Waals surface area contributed by atoms with Gasteiger partial charge in [0.05, 0.1) is 0 Å². The van der Waals surface area contributed by atoms with Gasteiger partial charge in [-0.15, -0.1) is 0 Å². The maximum Gasteiger partial charge on any atom is 0.221 e. The van der Waals surface area contributed by atoms with Crippen molar-refractivity contribution in [2.45, 2.75) is 26.3 Å². The molecular formula is C22H28N4O. The van der Waals surface area contributed by atoms with Crippen molar-refractivity contribution < 1.29 is 4.79 Å². The molecule has 1 heterocycles. The van der Waals surface area contributed by atoms with Gasteiger partial charge >= 0.3 is 0 Å². The molecule has 0 radical (unpaired) electrons. The zero-order valence-electron chi connectivity index (χ0n) is 16.1. The van der Waals surface area contributed by atoms with Crippen LogP contribution in [-0.4, -0.2) is 36.9 Å². The number of nitrogens with zero attached hydrogens (tertiary/aromatic N) is 2. The second kappa shape index (κ2) is 9.21. The maximum atomic E-state index is 11.2. The van der Waals surface area contributed by atoms with Crippen LogP contribution in [0.15, 0.2) is 59.6 Å². The molecule has 2 aromatic rings. The molecule has 5 nitrogen and oxygen atoms in total. The van der Waals surface area contributed by atoms with Gasteiger partial charge in [-0.25, -0.2) is 0 Å². The summed E-state index contributed by atoms with van der Waals surface area (Å²) in [5.74, 6) is 1.54.